The number of ether oxygens (including phenoxy) is 1. The summed E-state index contributed by atoms with van der Waals surface area (Å²) in [7, 11) is 0. The van der Waals surface area contributed by atoms with Crippen LogP contribution in [-0.4, -0.2) is 30.2 Å². The number of quaternary nitrogens is 1. The Hall–Kier alpha value is -1.71. The highest BCUT2D eigenvalue weighted by Gasteiger charge is 2.30. The lowest BCUT2D eigenvalue weighted by molar-refractivity contribution is -0.930. The summed E-state index contributed by atoms with van der Waals surface area (Å²) in [6.07, 6.45) is 1.90. The van der Waals surface area contributed by atoms with Gasteiger partial charge in [-0.15, -0.1) is 0 Å². The fourth-order valence-electron chi connectivity index (χ4n) is 3.24. The minimum atomic E-state index is -0.0911. The molecular formula is C17H24N3O2S+. The molecule has 2 heterocycles. The van der Waals surface area contributed by atoms with Crippen LogP contribution in [0.4, 0.5) is 0 Å². The number of likely N-dealkylation sites (tertiary alicyclic amines) is 1. The number of carbonyl (C=O) groups excluding carboxylic acids is 1. The first-order valence-electron chi connectivity index (χ1n) is 8.09. The minimum absolute atomic E-state index is 0.0333. The summed E-state index contributed by atoms with van der Waals surface area (Å²) < 4.78 is 7.77. The number of nitrogens with one attached hydrogen (secondary N) is 1. The van der Waals surface area contributed by atoms with E-state index < -0.39 is 0 Å². The van der Waals surface area contributed by atoms with E-state index in [1.54, 1.807) is 0 Å². The van der Waals surface area contributed by atoms with Gasteiger partial charge in [0.25, 0.3) is 0 Å². The SMILES string of the molecule is CCOC(=O)[C@@H]1CCC[NH+](Cn2c(C)cc(C)c(C#N)c2=S)C1. The molecule has 1 aliphatic heterocycles. The molecule has 1 N–H and O–H groups in total. The third-order valence-corrected chi connectivity index (χ3v) is 4.86. The van der Waals surface area contributed by atoms with Gasteiger partial charge < -0.3 is 9.64 Å². The van der Waals surface area contributed by atoms with Crippen molar-refractivity contribution in [2.24, 2.45) is 5.92 Å². The molecule has 2 rings (SSSR count). The number of hydrogen-bond donors (Lipinski definition) is 1. The molecule has 0 spiro atoms. The Morgan fingerprint density at radius 3 is 2.96 bits per heavy atom. The molecule has 0 aromatic carbocycles. The molecule has 0 radical (unpaired) electrons. The molecule has 0 aliphatic carbocycles. The second-order valence-electron chi connectivity index (χ2n) is 6.14. The molecule has 6 heteroatoms. The van der Waals surface area contributed by atoms with Gasteiger partial charge in [0.2, 0.25) is 0 Å². The van der Waals surface area contributed by atoms with Crippen molar-refractivity contribution in [2.45, 2.75) is 40.3 Å². The van der Waals surface area contributed by atoms with Crippen LogP contribution < -0.4 is 4.90 Å². The first-order valence-corrected chi connectivity index (χ1v) is 8.50. The molecule has 5 nitrogen and oxygen atoms in total. The second-order valence-corrected chi connectivity index (χ2v) is 6.53. The lowest BCUT2D eigenvalue weighted by Gasteiger charge is -2.30. The Morgan fingerprint density at radius 1 is 1.57 bits per heavy atom. The first kappa shape index (κ1) is 17.6. The quantitative estimate of drug-likeness (QED) is 0.670. The van der Waals surface area contributed by atoms with Crippen LogP contribution in [-0.2, 0) is 16.2 Å². The van der Waals surface area contributed by atoms with E-state index in [-0.39, 0.29) is 11.9 Å². The van der Waals surface area contributed by atoms with Gasteiger partial charge in [-0.2, -0.15) is 5.26 Å². The predicted octanol–water partition coefficient (Wildman–Crippen LogP) is 1.52. The highest BCUT2D eigenvalue weighted by molar-refractivity contribution is 7.71. The highest BCUT2D eigenvalue weighted by Crippen LogP contribution is 2.13. The maximum Gasteiger partial charge on any atom is 0.314 e. The maximum absolute atomic E-state index is 12.0. The Balaban J connectivity index is 2.18. The molecule has 124 valence electrons. The zero-order valence-electron chi connectivity index (χ0n) is 14.0. The molecule has 1 fully saturated rings. The second kappa shape index (κ2) is 7.71. The number of esters is 1. The third kappa shape index (κ3) is 3.98. The molecule has 0 bridgehead atoms. The molecule has 1 unspecified atom stereocenters. The summed E-state index contributed by atoms with van der Waals surface area (Å²) in [5, 5.41) is 9.30. The van der Waals surface area contributed by atoms with Gasteiger partial charge in [-0.05, 0) is 45.2 Å². The summed E-state index contributed by atoms with van der Waals surface area (Å²) in [5.74, 6) is -0.124. The van der Waals surface area contributed by atoms with Crippen molar-refractivity contribution >= 4 is 18.2 Å². The Kier molecular flexibility index (Phi) is 5.91. The molecule has 2 atom stereocenters. The number of nitrogens with zero attached hydrogens (tertiary/aromatic N) is 2. The summed E-state index contributed by atoms with van der Waals surface area (Å²) in [4.78, 5) is 13.3. The molecule has 0 amide bonds. The normalized spacial score (nSPS) is 20.8. The molecule has 1 aromatic rings. The van der Waals surface area contributed by atoms with Gasteiger partial charge in [0.15, 0.2) is 6.67 Å². The van der Waals surface area contributed by atoms with Crippen LogP contribution >= 0.6 is 12.2 Å². The van der Waals surface area contributed by atoms with Gasteiger partial charge in [-0.3, -0.25) is 9.36 Å². The van der Waals surface area contributed by atoms with Gasteiger partial charge in [0, 0.05) is 5.69 Å². The number of hydrogen-bond acceptors (Lipinski definition) is 4. The number of aryl methyl sites for hydroxylation is 2. The summed E-state index contributed by atoms with van der Waals surface area (Å²) >= 11 is 5.49. The van der Waals surface area contributed by atoms with Crippen LogP contribution in [0.5, 0.6) is 0 Å². The molecule has 0 saturated carbocycles. The van der Waals surface area contributed by atoms with Gasteiger partial charge in [-0.25, -0.2) is 0 Å². The highest BCUT2D eigenvalue weighted by atomic mass is 32.1. The lowest BCUT2D eigenvalue weighted by Crippen LogP contribution is -3.13. The standard InChI is InChI=1S/C17H23N3O2S/c1-4-22-17(21)14-6-5-7-19(10-14)11-20-13(3)8-12(2)15(9-18)16(20)23/h8,14H,4-7,10-11H2,1-3H3/p+1/t14-/m1/s1. The number of pyridine rings is 1. The van der Waals surface area contributed by atoms with Gasteiger partial charge >= 0.3 is 5.97 Å². The van der Waals surface area contributed by atoms with Gasteiger partial charge in [-0.1, -0.05) is 12.2 Å². The van der Waals surface area contributed by atoms with Crippen LogP contribution in [0.3, 0.4) is 0 Å². The summed E-state index contributed by atoms with van der Waals surface area (Å²) in [5.41, 5.74) is 2.55. The fraction of sp³-hybridized carbons (Fsp3) is 0.588. The number of piperidine rings is 1. The number of nitriles is 1. The van der Waals surface area contributed by atoms with Crippen molar-refractivity contribution in [3.63, 3.8) is 0 Å². The molecule has 1 aliphatic rings. The van der Waals surface area contributed by atoms with Crippen molar-refractivity contribution in [1.29, 1.82) is 5.26 Å². The van der Waals surface area contributed by atoms with Crippen molar-refractivity contribution in [2.75, 3.05) is 19.7 Å². The minimum Gasteiger partial charge on any atom is -0.466 e. The largest absolute Gasteiger partial charge is 0.466 e. The van der Waals surface area contributed by atoms with Crippen LogP contribution in [0.25, 0.3) is 0 Å². The van der Waals surface area contributed by atoms with Crippen molar-refractivity contribution in [1.82, 2.24) is 4.57 Å². The zero-order valence-corrected chi connectivity index (χ0v) is 14.8. The average molecular weight is 334 g/mol. The van der Waals surface area contributed by atoms with Gasteiger partial charge in [0.05, 0.1) is 25.3 Å². The Bertz CT molecular complexity index is 690. The van der Waals surface area contributed by atoms with Crippen molar-refractivity contribution < 1.29 is 14.4 Å². The van der Waals surface area contributed by atoms with E-state index >= 15 is 0 Å². The van der Waals surface area contributed by atoms with E-state index in [9.17, 15) is 10.1 Å². The number of carbonyl (C=O) groups is 1. The molecule has 1 saturated heterocycles. The Morgan fingerprint density at radius 2 is 2.30 bits per heavy atom. The van der Waals surface area contributed by atoms with Crippen molar-refractivity contribution in [3.8, 4) is 6.07 Å². The lowest BCUT2D eigenvalue weighted by atomic mass is 9.98. The smallest absolute Gasteiger partial charge is 0.314 e. The van der Waals surface area contributed by atoms with E-state index in [1.165, 1.54) is 4.90 Å². The fourth-order valence-corrected chi connectivity index (χ4v) is 3.65. The summed E-state index contributed by atoms with van der Waals surface area (Å²) in [6, 6.07) is 4.20. The maximum atomic E-state index is 12.0. The van der Waals surface area contributed by atoms with E-state index in [2.05, 4.69) is 6.07 Å². The molecule has 23 heavy (non-hydrogen) atoms. The zero-order chi connectivity index (χ0) is 17.0. The predicted molar refractivity (Wildman–Crippen MR) is 89.5 cm³/mol. The average Bonchev–Trinajstić information content (AvgIpc) is 2.52. The van der Waals surface area contributed by atoms with E-state index in [1.807, 2.05) is 31.4 Å². The topological polar surface area (TPSA) is 59.5 Å². The van der Waals surface area contributed by atoms with Crippen LogP contribution in [0, 0.1) is 35.7 Å². The first-order chi connectivity index (χ1) is 11.0. The monoisotopic (exact) mass is 334 g/mol. The van der Waals surface area contributed by atoms with Crippen LogP contribution in [0.1, 0.15) is 36.6 Å². The van der Waals surface area contributed by atoms with Crippen molar-refractivity contribution in [3.05, 3.63) is 27.5 Å². The van der Waals surface area contributed by atoms with Crippen LogP contribution in [0.2, 0.25) is 0 Å². The van der Waals surface area contributed by atoms with E-state index in [0.717, 1.165) is 37.2 Å². The van der Waals surface area contributed by atoms with Gasteiger partial charge in [0.1, 0.15) is 16.6 Å². The van der Waals surface area contributed by atoms with E-state index in [0.29, 0.717) is 23.5 Å². The Labute approximate surface area is 142 Å². The summed E-state index contributed by atoms with van der Waals surface area (Å²) in [6.45, 7) is 8.65. The number of rotatable bonds is 4. The third-order valence-electron chi connectivity index (χ3n) is 4.44. The van der Waals surface area contributed by atoms with E-state index in [4.69, 9.17) is 17.0 Å². The van der Waals surface area contributed by atoms with Crippen LogP contribution in [0.15, 0.2) is 6.07 Å². The molecule has 1 aromatic heterocycles. The molecular weight excluding hydrogens is 310 g/mol. The number of aromatic nitrogens is 1.